The van der Waals surface area contributed by atoms with Gasteiger partial charge in [-0.15, -0.1) is 0 Å². The van der Waals surface area contributed by atoms with Crippen molar-refractivity contribution in [3.63, 3.8) is 0 Å². The lowest BCUT2D eigenvalue weighted by Crippen LogP contribution is -2.35. The van der Waals surface area contributed by atoms with Crippen molar-refractivity contribution in [3.8, 4) is 0 Å². The van der Waals surface area contributed by atoms with E-state index in [4.69, 9.17) is 5.73 Å². The lowest BCUT2D eigenvalue weighted by atomic mass is 10.1. The Hall–Kier alpha value is -3.08. The van der Waals surface area contributed by atoms with Gasteiger partial charge in [0.15, 0.2) is 0 Å². The SMILES string of the molecule is NC(=O)N(Cc1ccc(N2CCCC2)cc1)c1cccc2cnccc12. The Morgan fingerprint density at radius 2 is 1.85 bits per heavy atom. The van der Waals surface area contributed by atoms with Crippen LogP contribution in [0.5, 0.6) is 0 Å². The fraction of sp³-hybridized carbons (Fsp3) is 0.238. The van der Waals surface area contributed by atoms with Gasteiger partial charge in [-0.2, -0.15) is 0 Å². The van der Waals surface area contributed by atoms with Crippen LogP contribution in [0.1, 0.15) is 18.4 Å². The average molecular weight is 346 g/mol. The van der Waals surface area contributed by atoms with Gasteiger partial charge in [0, 0.05) is 41.9 Å². The molecule has 0 unspecified atom stereocenters. The minimum Gasteiger partial charge on any atom is -0.372 e. The number of rotatable bonds is 4. The highest BCUT2D eigenvalue weighted by Gasteiger charge is 2.17. The highest BCUT2D eigenvalue weighted by molar-refractivity contribution is 6.02. The maximum atomic E-state index is 12.1. The summed E-state index contributed by atoms with van der Waals surface area (Å²) in [5.41, 5.74) is 8.80. The van der Waals surface area contributed by atoms with Crippen molar-refractivity contribution in [2.75, 3.05) is 22.9 Å². The predicted octanol–water partition coefficient (Wildman–Crippen LogP) is 3.92. The summed E-state index contributed by atoms with van der Waals surface area (Å²) >= 11 is 0. The average Bonchev–Trinajstić information content (AvgIpc) is 3.21. The summed E-state index contributed by atoms with van der Waals surface area (Å²) in [5.74, 6) is 0. The molecule has 5 nitrogen and oxygen atoms in total. The maximum absolute atomic E-state index is 12.1. The molecular formula is C21H22N4O. The Kier molecular flexibility index (Phi) is 4.44. The van der Waals surface area contributed by atoms with Crippen LogP contribution >= 0.6 is 0 Å². The Morgan fingerprint density at radius 1 is 1.08 bits per heavy atom. The number of nitrogens with zero attached hydrogens (tertiary/aromatic N) is 3. The third-order valence-corrected chi connectivity index (χ3v) is 4.96. The van der Waals surface area contributed by atoms with Gasteiger partial charge in [-0.1, -0.05) is 24.3 Å². The molecule has 1 saturated heterocycles. The fourth-order valence-corrected chi connectivity index (χ4v) is 3.59. The largest absolute Gasteiger partial charge is 0.372 e. The molecule has 1 aromatic heterocycles. The van der Waals surface area contributed by atoms with Crippen molar-refractivity contribution in [2.24, 2.45) is 5.73 Å². The summed E-state index contributed by atoms with van der Waals surface area (Å²) in [7, 11) is 0. The molecule has 0 atom stereocenters. The number of anilines is 2. The molecule has 2 N–H and O–H groups in total. The maximum Gasteiger partial charge on any atom is 0.319 e. The van der Waals surface area contributed by atoms with E-state index in [1.807, 2.05) is 24.3 Å². The zero-order valence-corrected chi connectivity index (χ0v) is 14.6. The van der Waals surface area contributed by atoms with Gasteiger partial charge < -0.3 is 10.6 Å². The van der Waals surface area contributed by atoms with Gasteiger partial charge in [0.25, 0.3) is 0 Å². The molecule has 1 aliphatic heterocycles. The lowest BCUT2D eigenvalue weighted by molar-refractivity contribution is 0.253. The van der Waals surface area contributed by atoms with Crippen LogP contribution in [0.15, 0.2) is 60.9 Å². The highest BCUT2D eigenvalue weighted by atomic mass is 16.2. The Morgan fingerprint density at radius 3 is 2.58 bits per heavy atom. The van der Waals surface area contributed by atoms with Crippen molar-refractivity contribution in [3.05, 3.63) is 66.5 Å². The summed E-state index contributed by atoms with van der Waals surface area (Å²) in [5, 5.41) is 1.95. The van der Waals surface area contributed by atoms with E-state index in [1.165, 1.54) is 18.5 Å². The van der Waals surface area contributed by atoms with Gasteiger partial charge in [-0.25, -0.2) is 4.79 Å². The number of hydrogen-bond acceptors (Lipinski definition) is 3. The van der Waals surface area contributed by atoms with Crippen molar-refractivity contribution in [1.29, 1.82) is 0 Å². The lowest BCUT2D eigenvalue weighted by Gasteiger charge is -2.23. The number of urea groups is 1. The van der Waals surface area contributed by atoms with Crippen molar-refractivity contribution < 1.29 is 4.79 Å². The van der Waals surface area contributed by atoms with Gasteiger partial charge in [-0.3, -0.25) is 9.88 Å². The molecule has 1 fully saturated rings. The zero-order chi connectivity index (χ0) is 17.9. The summed E-state index contributed by atoms with van der Waals surface area (Å²) in [6.45, 7) is 2.69. The molecule has 0 radical (unpaired) electrons. The zero-order valence-electron chi connectivity index (χ0n) is 14.6. The molecule has 5 heteroatoms. The van der Waals surface area contributed by atoms with Crippen LogP contribution in [0, 0.1) is 0 Å². The smallest absolute Gasteiger partial charge is 0.319 e. The molecule has 4 rings (SSSR count). The first-order valence-corrected chi connectivity index (χ1v) is 8.96. The number of carbonyl (C=O) groups is 1. The van der Waals surface area contributed by atoms with Crippen LogP contribution in [0.4, 0.5) is 16.2 Å². The first-order valence-electron chi connectivity index (χ1n) is 8.96. The second-order valence-corrected chi connectivity index (χ2v) is 6.66. The van der Waals surface area contributed by atoms with Crippen LogP contribution < -0.4 is 15.5 Å². The molecule has 3 aromatic rings. The van der Waals surface area contributed by atoms with Crippen LogP contribution in [-0.2, 0) is 6.54 Å². The number of amides is 2. The van der Waals surface area contributed by atoms with Crippen LogP contribution in [0.2, 0.25) is 0 Å². The number of hydrogen-bond donors (Lipinski definition) is 1. The number of primary amides is 1. The Balaban J connectivity index is 1.62. The number of fused-ring (bicyclic) bond motifs is 1. The van der Waals surface area contributed by atoms with E-state index >= 15 is 0 Å². The van der Waals surface area contributed by atoms with Crippen LogP contribution in [-0.4, -0.2) is 24.1 Å². The van der Waals surface area contributed by atoms with Gasteiger partial charge in [0.2, 0.25) is 0 Å². The molecule has 26 heavy (non-hydrogen) atoms. The minimum absolute atomic E-state index is 0.442. The summed E-state index contributed by atoms with van der Waals surface area (Å²) in [6, 6.07) is 15.7. The number of pyridine rings is 1. The van der Waals surface area contributed by atoms with E-state index in [-0.39, 0.29) is 0 Å². The molecule has 2 aromatic carbocycles. The van der Waals surface area contributed by atoms with Gasteiger partial charge in [-0.05, 0) is 42.7 Å². The van der Waals surface area contributed by atoms with E-state index in [2.05, 4.69) is 34.1 Å². The molecule has 2 amide bonds. The van der Waals surface area contributed by atoms with Crippen molar-refractivity contribution >= 4 is 28.2 Å². The van der Waals surface area contributed by atoms with Gasteiger partial charge in [0.1, 0.15) is 0 Å². The molecule has 2 heterocycles. The summed E-state index contributed by atoms with van der Waals surface area (Å²) in [6.07, 6.45) is 6.04. The number of aromatic nitrogens is 1. The van der Waals surface area contributed by atoms with E-state index in [9.17, 15) is 4.79 Å². The molecule has 1 aliphatic rings. The molecule has 0 aliphatic carbocycles. The second-order valence-electron chi connectivity index (χ2n) is 6.66. The Labute approximate surface area is 153 Å². The van der Waals surface area contributed by atoms with Gasteiger partial charge in [0.05, 0.1) is 12.2 Å². The number of carbonyl (C=O) groups excluding carboxylic acids is 1. The molecule has 132 valence electrons. The molecular weight excluding hydrogens is 324 g/mol. The monoisotopic (exact) mass is 346 g/mol. The third kappa shape index (κ3) is 3.20. The number of benzene rings is 2. The quantitative estimate of drug-likeness (QED) is 0.779. The van der Waals surface area contributed by atoms with Crippen molar-refractivity contribution in [1.82, 2.24) is 4.98 Å². The molecule has 0 saturated carbocycles. The fourth-order valence-electron chi connectivity index (χ4n) is 3.59. The van der Waals surface area contributed by atoms with Crippen molar-refractivity contribution in [2.45, 2.75) is 19.4 Å². The summed E-state index contributed by atoms with van der Waals surface area (Å²) < 4.78 is 0. The molecule has 0 spiro atoms. The standard InChI is InChI=1S/C21H22N4O/c22-21(26)25(20-5-3-4-17-14-23-11-10-19(17)20)15-16-6-8-18(9-7-16)24-12-1-2-13-24/h3-11,14H,1-2,12-13,15H2,(H2,22,26). The summed E-state index contributed by atoms with van der Waals surface area (Å²) in [4.78, 5) is 20.3. The van der Waals surface area contributed by atoms with E-state index in [0.717, 1.165) is 35.1 Å². The van der Waals surface area contributed by atoms with E-state index in [0.29, 0.717) is 6.54 Å². The topological polar surface area (TPSA) is 62.5 Å². The van der Waals surface area contributed by atoms with E-state index in [1.54, 1.807) is 17.3 Å². The normalized spacial score (nSPS) is 13.9. The molecule has 0 bridgehead atoms. The number of nitrogens with two attached hydrogens (primary N) is 1. The third-order valence-electron chi connectivity index (χ3n) is 4.96. The van der Waals surface area contributed by atoms with E-state index < -0.39 is 6.03 Å². The highest BCUT2D eigenvalue weighted by Crippen LogP contribution is 2.28. The first kappa shape index (κ1) is 16.4. The van der Waals surface area contributed by atoms with Crippen LogP contribution in [0.25, 0.3) is 10.8 Å². The Bertz CT molecular complexity index is 911. The predicted molar refractivity (Wildman–Crippen MR) is 105 cm³/mol. The van der Waals surface area contributed by atoms with Gasteiger partial charge >= 0.3 is 6.03 Å². The first-order chi connectivity index (χ1) is 12.7. The second kappa shape index (κ2) is 7.04. The van der Waals surface area contributed by atoms with Crippen LogP contribution in [0.3, 0.4) is 0 Å². The minimum atomic E-state index is -0.460.